The van der Waals surface area contributed by atoms with Crippen molar-refractivity contribution in [3.05, 3.63) is 88.8 Å². The van der Waals surface area contributed by atoms with Crippen LogP contribution in [-0.4, -0.2) is 15.8 Å². The standard InChI is InChI=1S/C23H22N4O2/c1-14-11-15(2)25-23(24-14)27-22(16-7-4-3-5-8-16)21-18(26-27)12-17(13-19(21)28)20-9-6-10-29-20/h3-11,17,22,26H,12-13H2,1-2H3. The van der Waals surface area contributed by atoms with Gasteiger partial charge in [-0.3, -0.25) is 10.2 Å². The van der Waals surface area contributed by atoms with Gasteiger partial charge in [0.1, 0.15) is 11.8 Å². The first-order chi connectivity index (χ1) is 14.1. The maximum absolute atomic E-state index is 13.3. The van der Waals surface area contributed by atoms with Gasteiger partial charge >= 0.3 is 0 Å². The fourth-order valence-corrected chi connectivity index (χ4v) is 4.35. The van der Waals surface area contributed by atoms with Crippen LogP contribution < -0.4 is 10.4 Å². The zero-order chi connectivity index (χ0) is 20.0. The second-order valence-corrected chi connectivity index (χ2v) is 7.68. The Morgan fingerprint density at radius 3 is 2.48 bits per heavy atom. The van der Waals surface area contributed by atoms with Gasteiger partial charge in [-0.2, -0.15) is 0 Å². The first-order valence-corrected chi connectivity index (χ1v) is 9.83. The lowest BCUT2D eigenvalue weighted by Crippen LogP contribution is -2.36. The van der Waals surface area contributed by atoms with Crippen LogP contribution in [0.5, 0.6) is 0 Å². The number of hydrazine groups is 1. The topological polar surface area (TPSA) is 71.3 Å². The van der Waals surface area contributed by atoms with Crippen molar-refractivity contribution in [2.45, 2.75) is 38.6 Å². The van der Waals surface area contributed by atoms with Gasteiger partial charge < -0.3 is 4.42 Å². The molecule has 0 spiro atoms. The number of hydrogen-bond acceptors (Lipinski definition) is 6. The SMILES string of the molecule is Cc1cc(C)nc(N2NC3=C(C(=O)CC(c4ccco4)C3)C2c2ccccc2)n1. The highest BCUT2D eigenvalue weighted by Gasteiger charge is 2.43. The van der Waals surface area contributed by atoms with E-state index < -0.39 is 0 Å². The highest BCUT2D eigenvalue weighted by Crippen LogP contribution is 2.44. The molecule has 6 nitrogen and oxygen atoms in total. The number of carbonyl (C=O) groups excluding carboxylic acids is 1. The molecule has 146 valence electrons. The van der Waals surface area contributed by atoms with Gasteiger partial charge in [0.2, 0.25) is 5.95 Å². The summed E-state index contributed by atoms with van der Waals surface area (Å²) in [5.41, 5.74) is 8.02. The number of ketones is 1. The molecule has 29 heavy (non-hydrogen) atoms. The van der Waals surface area contributed by atoms with Gasteiger partial charge in [0.05, 0.1) is 6.26 Å². The average Bonchev–Trinajstić information content (AvgIpc) is 3.36. The third-order valence-electron chi connectivity index (χ3n) is 5.54. The number of furan rings is 1. The summed E-state index contributed by atoms with van der Waals surface area (Å²) in [5.74, 6) is 1.61. The smallest absolute Gasteiger partial charge is 0.245 e. The Balaban J connectivity index is 1.59. The van der Waals surface area contributed by atoms with Gasteiger partial charge in [-0.1, -0.05) is 30.3 Å². The molecule has 3 heterocycles. The van der Waals surface area contributed by atoms with Crippen LogP contribution in [0.15, 0.2) is 70.5 Å². The van der Waals surface area contributed by atoms with E-state index in [1.807, 2.05) is 67.4 Å². The van der Waals surface area contributed by atoms with E-state index in [2.05, 4.69) is 15.4 Å². The lowest BCUT2D eigenvalue weighted by atomic mass is 9.81. The van der Waals surface area contributed by atoms with Gasteiger partial charge in [0, 0.05) is 35.0 Å². The fourth-order valence-electron chi connectivity index (χ4n) is 4.35. The Morgan fingerprint density at radius 2 is 1.79 bits per heavy atom. The first-order valence-electron chi connectivity index (χ1n) is 9.83. The zero-order valence-electron chi connectivity index (χ0n) is 16.4. The highest BCUT2D eigenvalue weighted by atomic mass is 16.3. The van der Waals surface area contributed by atoms with Crippen molar-refractivity contribution in [1.29, 1.82) is 0 Å². The Kier molecular flexibility index (Phi) is 4.19. The number of anilines is 1. The quantitative estimate of drug-likeness (QED) is 0.729. The second-order valence-electron chi connectivity index (χ2n) is 7.68. The summed E-state index contributed by atoms with van der Waals surface area (Å²) in [7, 11) is 0. The van der Waals surface area contributed by atoms with E-state index in [0.717, 1.165) is 40.4 Å². The number of rotatable bonds is 3. The molecule has 0 amide bonds. The van der Waals surface area contributed by atoms with Gasteiger partial charge in [-0.05, 0) is 44.0 Å². The number of allylic oxidation sites excluding steroid dienone is 1. The molecule has 0 fully saturated rings. The molecule has 2 atom stereocenters. The van der Waals surface area contributed by atoms with Gasteiger partial charge in [-0.15, -0.1) is 0 Å². The molecule has 0 saturated heterocycles. The number of aromatic nitrogens is 2. The minimum Gasteiger partial charge on any atom is -0.469 e. The molecule has 2 aromatic heterocycles. The van der Waals surface area contributed by atoms with Gasteiger partial charge in [0.25, 0.3) is 0 Å². The van der Waals surface area contributed by atoms with E-state index in [-0.39, 0.29) is 17.7 Å². The molecule has 1 aliphatic carbocycles. The molecule has 0 bridgehead atoms. The third kappa shape index (κ3) is 3.10. The number of aryl methyl sites for hydroxylation is 2. The first kappa shape index (κ1) is 17.7. The van der Waals surface area contributed by atoms with E-state index in [0.29, 0.717) is 12.4 Å². The van der Waals surface area contributed by atoms with Crippen molar-refractivity contribution in [3.8, 4) is 0 Å². The lowest BCUT2D eigenvalue weighted by Gasteiger charge is -2.27. The van der Waals surface area contributed by atoms with E-state index in [9.17, 15) is 4.79 Å². The highest BCUT2D eigenvalue weighted by molar-refractivity contribution is 6.00. The van der Waals surface area contributed by atoms with Crippen LogP contribution in [0.3, 0.4) is 0 Å². The molecule has 1 aliphatic heterocycles. The van der Waals surface area contributed by atoms with Crippen molar-refractivity contribution in [1.82, 2.24) is 15.4 Å². The molecule has 6 heteroatoms. The molecule has 5 rings (SSSR count). The van der Waals surface area contributed by atoms with Crippen LogP contribution in [0.1, 0.15) is 47.5 Å². The number of Topliss-reactive ketones (excluding diaryl/α,β-unsaturated/α-hetero) is 1. The Bertz CT molecular complexity index is 1070. The summed E-state index contributed by atoms with van der Waals surface area (Å²) < 4.78 is 5.58. The summed E-state index contributed by atoms with van der Waals surface area (Å²) in [6, 6.07) is 15.6. The maximum Gasteiger partial charge on any atom is 0.245 e. The van der Waals surface area contributed by atoms with Crippen LogP contribution >= 0.6 is 0 Å². The molecule has 1 N–H and O–H groups in total. The third-order valence-corrected chi connectivity index (χ3v) is 5.54. The molecule has 0 radical (unpaired) electrons. The van der Waals surface area contributed by atoms with Crippen molar-refractivity contribution in [2.75, 3.05) is 5.01 Å². The monoisotopic (exact) mass is 386 g/mol. The lowest BCUT2D eigenvalue weighted by molar-refractivity contribution is -0.116. The number of nitrogens with one attached hydrogen (secondary N) is 1. The Hall–Kier alpha value is -3.41. The van der Waals surface area contributed by atoms with E-state index in [4.69, 9.17) is 4.42 Å². The molecule has 2 aliphatic rings. The molecular weight excluding hydrogens is 364 g/mol. The summed E-state index contributed by atoms with van der Waals surface area (Å²) in [5, 5.41) is 1.93. The van der Waals surface area contributed by atoms with Crippen LogP contribution in [-0.2, 0) is 4.79 Å². The number of benzene rings is 1. The van der Waals surface area contributed by atoms with Crippen LogP contribution in [0.2, 0.25) is 0 Å². The summed E-state index contributed by atoms with van der Waals surface area (Å²) >= 11 is 0. The molecule has 1 aromatic carbocycles. The number of nitrogens with zero attached hydrogens (tertiary/aromatic N) is 3. The fraction of sp³-hybridized carbons (Fsp3) is 0.261. The van der Waals surface area contributed by atoms with Crippen molar-refractivity contribution in [2.24, 2.45) is 0 Å². The van der Waals surface area contributed by atoms with Gasteiger partial charge in [0.15, 0.2) is 5.78 Å². The summed E-state index contributed by atoms with van der Waals surface area (Å²) in [6.45, 7) is 3.91. The largest absolute Gasteiger partial charge is 0.469 e. The van der Waals surface area contributed by atoms with Crippen LogP contribution in [0.4, 0.5) is 5.95 Å². The average molecular weight is 386 g/mol. The minimum absolute atomic E-state index is 0.0419. The van der Waals surface area contributed by atoms with Crippen LogP contribution in [0, 0.1) is 13.8 Å². The zero-order valence-corrected chi connectivity index (χ0v) is 16.4. The number of carbonyl (C=O) groups is 1. The predicted octanol–water partition coefficient (Wildman–Crippen LogP) is 4.15. The summed E-state index contributed by atoms with van der Waals surface area (Å²) in [4.78, 5) is 22.5. The second kappa shape index (κ2) is 6.88. The van der Waals surface area contributed by atoms with Gasteiger partial charge in [-0.25, -0.2) is 15.0 Å². The Morgan fingerprint density at radius 1 is 1.03 bits per heavy atom. The number of hydrogen-bond donors (Lipinski definition) is 1. The van der Waals surface area contributed by atoms with E-state index >= 15 is 0 Å². The maximum atomic E-state index is 13.3. The molecular formula is C23H22N4O2. The van der Waals surface area contributed by atoms with Crippen molar-refractivity contribution >= 4 is 11.7 Å². The molecule has 0 saturated carbocycles. The van der Waals surface area contributed by atoms with E-state index in [1.54, 1.807) is 6.26 Å². The Labute approximate surface area is 169 Å². The predicted molar refractivity (Wildman–Crippen MR) is 109 cm³/mol. The molecule has 2 unspecified atom stereocenters. The van der Waals surface area contributed by atoms with Crippen molar-refractivity contribution < 1.29 is 9.21 Å². The van der Waals surface area contributed by atoms with Crippen molar-refractivity contribution in [3.63, 3.8) is 0 Å². The normalized spacial score (nSPS) is 21.3. The van der Waals surface area contributed by atoms with E-state index in [1.165, 1.54) is 0 Å². The van der Waals surface area contributed by atoms with Crippen LogP contribution in [0.25, 0.3) is 0 Å². The molecule has 3 aromatic rings. The minimum atomic E-state index is -0.252. The summed E-state index contributed by atoms with van der Waals surface area (Å²) in [6.07, 6.45) is 2.83.